The van der Waals surface area contributed by atoms with Crippen molar-refractivity contribution >= 4 is 23.1 Å². The van der Waals surface area contributed by atoms with E-state index in [9.17, 15) is 33.0 Å². The number of rotatable bonds is 3. The number of benzene rings is 3. The van der Waals surface area contributed by atoms with E-state index < -0.39 is 35.2 Å². The Bertz CT molecular complexity index is 1380. The third-order valence-electron chi connectivity index (χ3n) is 5.75. The van der Waals surface area contributed by atoms with Crippen LogP contribution in [0.5, 0.6) is 17.2 Å². The van der Waals surface area contributed by atoms with Crippen LogP contribution in [0.3, 0.4) is 0 Å². The number of anilines is 1. The number of aliphatic hydroxyl groups is 1. The number of aliphatic hydroxyl groups excluding tert-OH is 1. The summed E-state index contributed by atoms with van der Waals surface area (Å²) >= 11 is 0. The predicted octanol–water partition coefficient (Wildman–Crippen LogP) is 4.77. The van der Waals surface area contributed by atoms with Gasteiger partial charge >= 0.3 is 6.18 Å². The number of Topliss-reactive ketones (excluding diaryl/α,β-unsaturated/α-hetero) is 1. The number of fused-ring (bicyclic) bond motifs is 1. The van der Waals surface area contributed by atoms with E-state index in [2.05, 4.69) is 0 Å². The topological polar surface area (TPSA) is 96.3 Å². The Hall–Kier alpha value is -4.47. The Morgan fingerprint density at radius 3 is 2.37 bits per heavy atom. The van der Waals surface area contributed by atoms with Crippen LogP contribution >= 0.6 is 0 Å². The predicted molar refractivity (Wildman–Crippen MR) is 117 cm³/mol. The number of phenols is 1. The van der Waals surface area contributed by atoms with Crippen molar-refractivity contribution in [2.24, 2.45) is 0 Å². The van der Waals surface area contributed by atoms with Crippen LogP contribution in [0.4, 0.5) is 18.9 Å². The maximum atomic E-state index is 13.4. The summed E-state index contributed by atoms with van der Waals surface area (Å²) in [5.74, 6) is -2.06. The molecule has 1 fully saturated rings. The summed E-state index contributed by atoms with van der Waals surface area (Å²) < 4.78 is 50.6. The molecule has 10 heteroatoms. The first-order chi connectivity index (χ1) is 16.6. The molecule has 3 aromatic rings. The van der Waals surface area contributed by atoms with E-state index in [0.717, 1.165) is 23.1 Å². The number of hydrogen-bond acceptors (Lipinski definition) is 6. The van der Waals surface area contributed by atoms with Crippen molar-refractivity contribution in [2.75, 3.05) is 11.7 Å². The lowest BCUT2D eigenvalue weighted by atomic mass is 9.95. The molecule has 2 aliphatic rings. The van der Waals surface area contributed by atoms with E-state index in [1.165, 1.54) is 48.5 Å². The molecule has 0 bridgehead atoms. The second-order valence-corrected chi connectivity index (χ2v) is 7.88. The highest BCUT2D eigenvalue weighted by Gasteiger charge is 2.47. The lowest BCUT2D eigenvalue weighted by Crippen LogP contribution is -2.29. The second-order valence-electron chi connectivity index (χ2n) is 7.88. The van der Waals surface area contributed by atoms with Gasteiger partial charge < -0.3 is 19.7 Å². The van der Waals surface area contributed by atoms with Crippen molar-refractivity contribution in [1.82, 2.24) is 0 Å². The maximum absolute atomic E-state index is 13.4. The lowest BCUT2D eigenvalue weighted by Gasteiger charge is -2.26. The summed E-state index contributed by atoms with van der Waals surface area (Å²) in [7, 11) is 0. The minimum atomic E-state index is -4.68. The molecule has 0 aliphatic carbocycles. The first-order valence-electron chi connectivity index (χ1n) is 10.3. The van der Waals surface area contributed by atoms with Crippen molar-refractivity contribution in [3.05, 3.63) is 89.0 Å². The number of carbonyl (C=O) groups is 2. The molecular weight excluding hydrogens is 467 g/mol. The zero-order chi connectivity index (χ0) is 24.9. The highest BCUT2D eigenvalue weighted by atomic mass is 19.4. The molecule has 5 rings (SSSR count). The third-order valence-corrected chi connectivity index (χ3v) is 5.75. The number of aromatic hydroxyl groups is 1. The van der Waals surface area contributed by atoms with Crippen molar-refractivity contribution in [1.29, 1.82) is 0 Å². The molecule has 2 N–H and O–H groups in total. The number of alkyl halides is 3. The van der Waals surface area contributed by atoms with Gasteiger partial charge in [-0.25, -0.2) is 0 Å². The minimum absolute atomic E-state index is 0.0208. The number of ketones is 1. The Morgan fingerprint density at radius 2 is 1.66 bits per heavy atom. The number of hydrogen-bond donors (Lipinski definition) is 2. The van der Waals surface area contributed by atoms with Gasteiger partial charge in [-0.2, -0.15) is 13.2 Å². The van der Waals surface area contributed by atoms with E-state index >= 15 is 0 Å². The third kappa shape index (κ3) is 3.82. The molecule has 35 heavy (non-hydrogen) atoms. The molecule has 2 heterocycles. The molecule has 1 amide bonds. The Balaban J connectivity index is 1.70. The maximum Gasteiger partial charge on any atom is 0.416 e. The zero-order valence-electron chi connectivity index (χ0n) is 17.7. The molecule has 1 saturated heterocycles. The van der Waals surface area contributed by atoms with Crippen LogP contribution in [0.1, 0.15) is 22.7 Å². The monoisotopic (exact) mass is 483 g/mol. The van der Waals surface area contributed by atoms with Crippen LogP contribution < -0.4 is 14.4 Å². The van der Waals surface area contributed by atoms with E-state index in [4.69, 9.17) is 9.47 Å². The molecule has 178 valence electrons. The van der Waals surface area contributed by atoms with E-state index in [1.807, 2.05) is 0 Å². The van der Waals surface area contributed by atoms with Gasteiger partial charge in [0.15, 0.2) is 11.5 Å². The van der Waals surface area contributed by atoms with E-state index in [-0.39, 0.29) is 29.4 Å². The molecule has 1 unspecified atom stereocenters. The fourth-order valence-electron chi connectivity index (χ4n) is 4.10. The van der Waals surface area contributed by atoms with Gasteiger partial charge in [-0.15, -0.1) is 0 Å². The molecule has 0 radical (unpaired) electrons. The normalized spacial score (nSPS) is 18.8. The fraction of sp³-hybridized carbons (Fsp3) is 0.120. The lowest BCUT2D eigenvalue weighted by molar-refractivity contribution is -0.137. The largest absolute Gasteiger partial charge is 0.508 e. The van der Waals surface area contributed by atoms with Crippen LogP contribution in [0.25, 0.3) is 5.76 Å². The van der Waals surface area contributed by atoms with E-state index in [0.29, 0.717) is 17.1 Å². The average molecular weight is 483 g/mol. The number of carbonyl (C=O) groups excluding carboxylic acids is 2. The van der Waals surface area contributed by atoms with Crippen LogP contribution in [0.15, 0.2) is 72.3 Å². The van der Waals surface area contributed by atoms with Crippen molar-refractivity contribution in [3.63, 3.8) is 0 Å². The molecule has 0 aromatic heterocycles. The number of amides is 1. The summed E-state index contributed by atoms with van der Waals surface area (Å²) in [5, 5.41) is 20.8. The van der Waals surface area contributed by atoms with Crippen LogP contribution in [0, 0.1) is 0 Å². The van der Waals surface area contributed by atoms with Gasteiger partial charge in [-0.3, -0.25) is 14.5 Å². The Morgan fingerprint density at radius 1 is 0.943 bits per heavy atom. The zero-order valence-corrected chi connectivity index (χ0v) is 17.7. The van der Waals surface area contributed by atoms with Gasteiger partial charge in [-0.05, 0) is 54.1 Å². The molecule has 1 atom stereocenters. The molecular formula is C25H16F3NO6. The van der Waals surface area contributed by atoms with Gasteiger partial charge in [0.05, 0.1) is 17.2 Å². The van der Waals surface area contributed by atoms with Crippen LogP contribution in [0.2, 0.25) is 0 Å². The first-order valence-corrected chi connectivity index (χ1v) is 10.3. The smallest absolute Gasteiger partial charge is 0.416 e. The van der Waals surface area contributed by atoms with E-state index in [1.54, 1.807) is 0 Å². The summed E-state index contributed by atoms with van der Waals surface area (Å²) in [6.45, 7) is -0.0208. The van der Waals surface area contributed by atoms with Gasteiger partial charge in [-0.1, -0.05) is 18.2 Å². The number of halogens is 3. The van der Waals surface area contributed by atoms with Crippen molar-refractivity contribution in [3.8, 4) is 17.2 Å². The molecule has 0 spiro atoms. The van der Waals surface area contributed by atoms with Gasteiger partial charge in [0.2, 0.25) is 6.79 Å². The highest BCUT2D eigenvalue weighted by molar-refractivity contribution is 6.51. The standard InChI is InChI=1S/C25H16F3NO6/c26-25(27,28)15-2-1-3-16(11-15)29-21(13-4-7-17(30)8-5-13)20(23(32)24(29)33)22(31)14-6-9-18-19(10-14)35-12-34-18/h1-11,21,30-31H,12H2/b22-20-. The highest BCUT2D eigenvalue weighted by Crippen LogP contribution is 2.44. The van der Waals surface area contributed by atoms with Gasteiger partial charge in [0, 0.05) is 11.3 Å². The van der Waals surface area contributed by atoms with Crippen LogP contribution in [-0.4, -0.2) is 28.7 Å². The van der Waals surface area contributed by atoms with Crippen molar-refractivity contribution < 1.29 is 42.4 Å². The van der Waals surface area contributed by atoms with Crippen molar-refractivity contribution in [2.45, 2.75) is 12.2 Å². The Kier molecular flexibility index (Phi) is 5.16. The molecule has 0 saturated carbocycles. The summed E-state index contributed by atoms with van der Waals surface area (Å²) in [6, 6.07) is 12.6. The number of ether oxygens (including phenoxy) is 2. The summed E-state index contributed by atoms with van der Waals surface area (Å²) in [6.07, 6.45) is -4.68. The number of phenolic OH excluding ortho intramolecular Hbond substituents is 1. The molecule has 3 aromatic carbocycles. The summed E-state index contributed by atoms with van der Waals surface area (Å²) in [5.41, 5.74) is -1.05. The minimum Gasteiger partial charge on any atom is -0.508 e. The van der Waals surface area contributed by atoms with Gasteiger partial charge in [0.25, 0.3) is 11.7 Å². The van der Waals surface area contributed by atoms with Gasteiger partial charge in [0.1, 0.15) is 11.5 Å². The molecule has 2 aliphatic heterocycles. The quantitative estimate of drug-likeness (QED) is 0.317. The summed E-state index contributed by atoms with van der Waals surface area (Å²) in [4.78, 5) is 27.1. The number of nitrogens with zero attached hydrogens (tertiary/aromatic N) is 1. The average Bonchev–Trinajstić information content (AvgIpc) is 3.41. The first kappa shape index (κ1) is 22.3. The molecule has 7 nitrogen and oxygen atoms in total. The fourth-order valence-corrected chi connectivity index (χ4v) is 4.10. The Labute approximate surface area is 196 Å². The second kappa shape index (κ2) is 8.08. The van der Waals surface area contributed by atoms with Crippen LogP contribution in [-0.2, 0) is 15.8 Å². The SMILES string of the molecule is O=C1C(=O)N(c2cccc(C(F)(F)F)c2)C(c2ccc(O)cc2)/C1=C(/O)c1ccc2c(c1)OCO2.